The van der Waals surface area contributed by atoms with Crippen LogP contribution in [0, 0.1) is 5.82 Å². The lowest BCUT2D eigenvalue weighted by Crippen LogP contribution is -2.17. The van der Waals surface area contributed by atoms with Crippen LogP contribution >= 0.6 is 11.3 Å². The number of carbonyl (C=O) groups excluding carboxylic acids is 1. The maximum absolute atomic E-state index is 13.0. The Morgan fingerprint density at radius 3 is 2.79 bits per heavy atom. The highest BCUT2D eigenvalue weighted by Gasteiger charge is 2.15. The highest BCUT2D eigenvalue weighted by molar-refractivity contribution is 7.13. The van der Waals surface area contributed by atoms with Crippen molar-refractivity contribution in [1.29, 1.82) is 0 Å². The Bertz CT molecular complexity index is 840. The molecule has 0 aliphatic carbocycles. The SMILES string of the molecule is CCC(C)n1nccc1NC(=O)c1csc(-c2ccc(F)cc2)n1. The first-order valence-corrected chi connectivity index (χ1v) is 8.52. The fourth-order valence-electron chi connectivity index (χ4n) is 2.22. The quantitative estimate of drug-likeness (QED) is 0.748. The van der Waals surface area contributed by atoms with E-state index in [0.717, 1.165) is 12.0 Å². The van der Waals surface area contributed by atoms with Crippen molar-refractivity contribution in [1.82, 2.24) is 14.8 Å². The number of nitrogens with one attached hydrogen (secondary N) is 1. The molecule has 2 heterocycles. The molecule has 0 fully saturated rings. The Kier molecular flexibility index (Phi) is 4.71. The van der Waals surface area contributed by atoms with Crippen LogP contribution in [0.1, 0.15) is 36.8 Å². The Labute approximate surface area is 143 Å². The summed E-state index contributed by atoms with van der Waals surface area (Å²) >= 11 is 1.35. The van der Waals surface area contributed by atoms with Crippen molar-refractivity contribution in [2.24, 2.45) is 0 Å². The summed E-state index contributed by atoms with van der Waals surface area (Å²) in [4.78, 5) is 16.7. The highest BCUT2D eigenvalue weighted by atomic mass is 32.1. The van der Waals surface area contributed by atoms with Gasteiger partial charge in [0.25, 0.3) is 5.91 Å². The Morgan fingerprint density at radius 2 is 2.08 bits per heavy atom. The van der Waals surface area contributed by atoms with Gasteiger partial charge < -0.3 is 5.32 Å². The molecule has 0 radical (unpaired) electrons. The van der Waals surface area contributed by atoms with Gasteiger partial charge >= 0.3 is 0 Å². The first-order chi connectivity index (χ1) is 11.6. The summed E-state index contributed by atoms with van der Waals surface area (Å²) in [6.45, 7) is 4.10. The summed E-state index contributed by atoms with van der Waals surface area (Å²) in [6, 6.07) is 8.00. The zero-order chi connectivity index (χ0) is 17.1. The van der Waals surface area contributed by atoms with E-state index >= 15 is 0 Å². The third-order valence-corrected chi connectivity index (χ3v) is 4.64. The molecule has 0 aliphatic heterocycles. The third kappa shape index (κ3) is 3.35. The normalized spacial score (nSPS) is 12.1. The van der Waals surface area contributed by atoms with Crippen molar-refractivity contribution in [2.75, 3.05) is 5.32 Å². The lowest BCUT2D eigenvalue weighted by atomic mass is 10.2. The number of anilines is 1. The molecule has 5 nitrogen and oxygen atoms in total. The van der Waals surface area contributed by atoms with Gasteiger partial charge in [0.05, 0.1) is 12.2 Å². The van der Waals surface area contributed by atoms with Crippen molar-refractivity contribution >= 4 is 23.1 Å². The fourth-order valence-corrected chi connectivity index (χ4v) is 3.03. The standard InChI is InChI=1S/C17H17FN4OS/c1-3-11(2)22-15(8-9-19-22)21-16(23)14-10-24-17(20-14)12-4-6-13(18)7-5-12/h4-11H,3H2,1-2H3,(H,21,23). The summed E-state index contributed by atoms with van der Waals surface area (Å²) in [5.74, 6) is 0.0573. The molecule has 1 N–H and O–H groups in total. The van der Waals surface area contributed by atoms with Gasteiger partial charge in [0, 0.05) is 17.0 Å². The van der Waals surface area contributed by atoms with Crippen molar-refractivity contribution in [3.8, 4) is 10.6 Å². The van der Waals surface area contributed by atoms with E-state index in [1.165, 1.54) is 23.5 Å². The molecule has 1 aromatic carbocycles. The van der Waals surface area contributed by atoms with Crippen LogP contribution < -0.4 is 5.32 Å². The number of rotatable bonds is 5. The van der Waals surface area contributed by atoms with E-state index in [-0.39, 0.29) is 17.8 Å². The van der Waals surface area contributed by atoms with Crippen LogP contribution in [0.25, 0.3) is 10.6 Å². The van der Waals surface area contributed by atoms with E-state index in [4.69, 9.17) is 0 Å². The molecule has 3 aromatic rings. The summed E-state index contributed by atoms with van der Waals surface area (Å²) in [7, 11) is 0. The minimum Gasteiger partial charge on any atom is -0.305 e. The van der Waals surface area contributed by atoms with Crippen molar-refractivity contribution in [3.63, 3.8) is 0 Å². The molecule has 0 spiro atoms. The molecule has 0 bridgehead atoms. The Hall–Kier alpha value is -2.54. The van der Waals surface area contributed by atoms with Gasteiger partial charge in [-0.05, 0) is 37.6 Å². The molecular weight excluding hydrogens is 327 g/mol. The second kappa shape index (κ2) is 6.92. The van der Waals surface area contributed by atoms with Crippen LogP contribution in [-0.2, 0) is 0 Å². The molecule has 124 valence electrons. The lowest BCUT2D eigenvalue weighted by Gasteiger charge is -2.13. The van der Waals surface area contributed by atoms with Gasteiger partial charge in [-0.15, -0.1) is 11.3 Å². The minimum absolute atomic E-state index is 0.195. The zero-order valence-electron chi connectivity index (χ0n) is 13.4. The summed E-state index contributed by atoms with van der Waals surface area (Å²) in [6.07, 6.45) is 2.57. The molecule has 0 saturated carbocycles. The van der Waals surface area contributed by atoms with Gasteiger partial charge in [-0.3, -0.25) is 4.79 Å². The van der Waals surface area contributed by atoms with Crippen LogP contribution in [0.2, 0.25) is 0 Å². The average molecular weight is 344 g/mol. The maximum Gasteiger partial charge on any atom is 0.276 e. The van der Waals surface area contributed by atoms with E-state index in [9.17, 15) is 9.18 Å². The molecule has 1 unspecified atom stereocenters. The molecule has 24 heavy (non-hydrogen) atoms. The first-order valence-electron chi connectivity index (χ1n) is 7.64. The van der Waals surface area contributed by atoms with Gasteiger partial charge in [-0.1, -0.05) is 6.92 Å². The van der Waals surface area contributed by atoms with Crippen LogP contribution in [-0.4, -0.2) is 20.7 Å². The predicted molar refractivity (Wildman–Crippen MR) is 92.7 cm³/mol. The smallest absolute Gasteiger partial charge is 0.276 e. The maximum atomic E-state index is 13.0. The van der Waals surface area contributed by atoms with Crippen LogP contribution in [0.5, 0.6) is 0 Å². The molecular formula is C17H17FN4OS. The molecule has 3 rings (SSSR count). The number of carbonyl (C=O) groups is 1. The largest absolute Gasteiger partial charge is 0.305 e. The van der Waals surface area contributed by atoms with Gasteiger partial charge in [0.1, 0.15) is 22.3 Å². The molecule has 2 aromatic heterocycles. The van der Waals surface area contributed by atoms with E-state index in [2.05, 4.69) is 22.3 Å². The van der Waals surface area contributed by atoms with E-state index in [1.807, 2.05) is 6.92 Å². The van der Waals surface area contributed by atoms with Crippen molar-refractivity contribution < 1.29 is 9.18 Å². The molecule has 1 atom stereocenters. The van der Waals surface area contributed by atoms with E-state index < -0.39 is 0 Å². The third-order valence-electron chi connectivity index (χ3n) is 3.75. The number of nitrogens with zero attached hydrogens (tertiary/aromatic N) is 3. The van der Waals surface area contributed by atoms with Crippen LogP contribution in [0.3, 0.4) is 0 Å². The molecule has 7 heteroatoms. The highest BCUT2D eigenvalue weighted by Crippen LogP contribution is 2.24. The number of aromatic nitrogens is 3. The number of thiazole rings is 1. The number of benzene rings is 1. The Morgan fingerprint density at radius 1 is 1.33 bits per heavy atom. The van der Waals surface area contributed by atoms with E-state index in [1.54, 1.807) is 34.5 Å². The van der Waals surface area contributed by atoms with E-state index in [0.29, 0.717) is 16.5 Å². The predicted octanol–water partition coefficient (Wildman–Crippen LogP) is 4.37. The monoisotopic (exact) mass is 344 g/mol. The second-order valence-corrected chi connectivity index (χ2v) is 6.28. The Balaban J connectivity index is 1.77. The number of hydrogen-bond acceptors (Lipinski definition) is 4. The summed E-state index contributed by atoms with van der Waals surface area (Å²) < 4.78 is 14.8. The van der Waals surface area contributed by atoms with Crippen LogP contribution in [0.15, 0.2) is 41.9 Å². The van der Waals surface area contributed by atoms with Gasteiger partial charge in [0.2, 0.25) is 0 Å². The van der Waals surface area contributed by atoms with Crippen LogP contribution in [0.4, 0.5) is 10.2 Å². The van der Waals surface area contributed by atoms with Gasteiger partial charge in [-0.2, -0.15) is 5.10 Å². The number of hydrogen-bond donors (Lipinski definition) is 1. The minimum atomic E-state index is -0.299. The summed E-state index contributed by atoms with van der Waals surface area (Å²) in [5.41, 5.74) is 1.11. The fraction of sp³-hybridized carbons (Fsp3) is 0.235. The zero-order valence-corrected chi connectivity index (χ0v) is 14.2. The lowest BCUT2D eigenvalue weighted by molar-refractivity contribution is 0.102. The molecule has 0 aliphatic rings. The first kappa shape index (κ1) is 16.3. The van der Waals surface area contributed by atoms with Crippen molar-refractivity contribution in [3.05, 3.63) is 53.4 Å². The topological polar surface area (TPSA) is 59.8 Å². The average Bonchev–Trinajstić information content (AvgIpc) is 3.24. The summed E-state index contributed by atoms with van der Waals surface area (Å²) in [5, 5.41) is 9.45. The van der Waals surface area contributed by atoms with Crippen molar-refractivity contribution in [2.45, 2.75) is 26.3 Å². The van der Waals surface area contributed by atoms with Gasteiger partial charge in [0.15, 0.2) is 0 Å². The molecule has 1 amide bonds. The number of amides is 1. The number of halogens is 1. The molecule has 0 saturated heterocycles. The van der Waals surface area contributed by atoms with Gasteiger partial charge in [-0.25, -0.2) is 14.1 Å². The second-order valence-electron chi connectivity index (χ2n) is 5.42.